The molecule has 3 heteroatoms. The second kappa shape index (κ2) is 5.36. The fraction of sp³-hybridized carbons (Fsp3) is 0.455. The molecule has 0 aliphatic carbocycles. The first-order valence-electron chi connectivity index (χ1n) is 4.74. The van der Waals surface area contributed by atoms with E-state index in [0.717, 1.165) is 12.1 Å². The van der Waals surface area contributed by atoms with Gasteiger partial charge < -0.3 is 0 Å². The topological polar surface area (TPSA) is 39.9 Å². The summed E-state index contributed by atoms with van der Waals surface area (Å²) in [6.07, 6.45) is 3.60. The molecule has 0 spiro atoms. The summed E-state index contributed by atoms with van der Waals surface area (Å²) in [4.78, 5) is 6.16. The molecule has 0 aromatic carbocycles. The fourth-order valence-electron chi connectivity index (χ4n) is 1.24. The lowest BCUT2D eigenvalue weighted by atomic mass is 10.2. The second-order valence-corrected chi connectivity index (χ2v) is 3.52. The van der Waals surface area contributed by atoms with Gasteiger partial charge in [0.25, 0.3) is 0 Å². The standard InChI is InChI=1S/C11H15N3/c1-10(2)14(7-5-12)9-11-4-3-6-13-8-11/h3-4,6,8,10H,7,9H2,1-2H3. The number of aromatic nitrogens is 1. The zero-order chi connectivity index (χ0) is 10.4. The molecule has 74 valence electrons. The highest BCUT2D eigenvalue weighted by Crippen LogP contribution is 2.05. The molecule has 14 heavy (non-hydrogen) atoms. The van der Waals surface area contributed by atoms with Crippen LogP contribution >= 0.6 is 0 Å². The van der Waals surface area contributed by atoms with E-state index in [2.05, 4.69) is 29.8 Å². The minimum atomic E-state index is 0.384. The molecule has 1 aromatic heterocycles. The average molecular weight is 189 g/mol. The Bertz CT molecular complexity index is 300. The van der Waals surface area contributed by atoms with E-state index in [1.54, 1.807) is 6.20 Å². The first kappa shape index (κ1) is 10.7. The number of rotatable bonds is 4. The van der Waals surface area contributed by atoms with Crippen LogP contribution in [0, 0.1) is 11.3 Å². The highest BCUT2D eigenvalue weighted by molar-refractivity contribution is 5.08. The summed E-state index contributed by atoms with van der Waals surface area (Å²) in [6.45, 7) is 5.44. The van der Waals surface area contributed by atoms with Crippen molar-refractivity contribution >= 4 is 0 Å². The van der Waals surface area contributed by atoms with E-state index in [-0.39, 0.29) is 0 Å². The van der Waals surface area contributed by atoms with E-state index in [4.69, 9.17) is 5.26 Å². The normalized spacial score (nSPS) is 10.5. The van der Waals surface area contributed by atoms with Crippen LogP contribution in [0.2, 0.25) is 0 Å². The number of nitriles is 1. The van der Waals surface area contributed by atoms with Gasteiger partial charge in [-0.05, 0) is 25.5 Å². The Morgan fingerprint density at radius 2 is 2.36 bits per heavy atom. The Kier molecular flexibility index (Phi) is 4.09. The van der Waals surface area contributed by atoms with Gasteiger partial charge in [-0.1, -0.05) is 6.07 Å². The Morgan fingerprint density at radius 3 is 2.86 bits per heavy atom. The van der Waals surface area contributed by atoms with Crippen molar-refractivity contribution in [3.8, 4) is 6.07 Å². The van der Waals surface area contributed by atoms with Gasteiger partial charge in [0.2, 0.25) is 0 Å². The Hall–Kier alpha value is -1.40. The summed E-state index contributed by atoms with van der Waals surface area (Å²) in [5.41, 5.74) is 1.15. The Morgan fingerprint density at radius 1 is 1.57 bits per heavy atom. The third kappa shape index (κ3) is 3.15. The van der Waals surface area contributed by atoms with Crippen molar-refractivity contribution in [3.63, 3.8) is 0 Å². The summed E-state index contributed by atoms with van der Waals surface area (Å²) < 4.78 is 0. The van der Waals surface area contributed by atoms with Crippen molar-refractivity contribution in [1.29, 1.82) is 5.26 Å². The van der Waals surface area contributed by atoms with Crippen molar-refractivity contribution < 1.29 is 0 Å². The lowest BCUT2D eigenvalue weighted by molar-refractivity contribution is 0.240. The van der Waals surface area contributed by atoms with Crippen molar-refractivity contribution in [2.24, 2.45) is 0 Å². The van der Waals surface area contributed by atoms with Crippen LogP contribution in [-0.4, -0.2) is 22.5 Å². The number of pyridine rings is 1. The van der Waals surface area contributed by atoms with Crippen LogP contribution in [0.4, 0.5) is 0 Å². The van der Waals surface area contributed by atoms with E-state index in [9.17, 15) is 0 Å². The molecule has 0 N–H and O–H groups in total. The molecule has 3 nitrogen and oxygen atoms in total. The Labute approximate surface area is 85.0 Å². The molecule has 0 bridgehead atoms. The smallest absolute Gasteiger partial charge is 0.0871 e. The lowest BCUT2D eigenvalue weighted by Crippen LogP contribution is -2.30. The molecule has 0 unspecified atom stereocenters. The van der Waals surface area contributed by atoms with Gasteiger partial charge in [-0.3, -0.25) is 9.88 Å². The molecule has 0 amide bonds. The SMILES string of the molecule is CC(C)N(CC#N)Cc1cccnc1. The average Bonchev–Trinajstić information content (AvgIpc) is 2.18. The van der Waals surface area contributed by atoms with Crippen LogP contribution in [-0.2, 0) is 6.54 Å². The lowest BCUT2D eigenvalue weighted by Gasteiger charge is -2.23. The predicted molar refractivity (Wildman–Crippen MR) is 55.4 cm³/mol. The van der Waals surface area contributed by atoms with E-state index in [1.807, 2.05) is 18.3 Å². The van der Waals surface area contributed by atoms with Crippen LogP contribution in [0.3, 0.4) is 0 Å². The number of hydrogen-bond donors (Lipinski definition) is 0. The largest absolute Gasteiger partial charge is 0.284 e. The molecule has 0 saturated heterocycles. The highest BCUT2D eigenvalue weighted by atomic mass is 15.1. The molecule has 1 aromatic rings. The predicted octanol–water partition coefficient (Wildman–Crippen LogP) is 1.82. The van der Waals surface area contributed by atoms with Crippen molar-refractivity contribution in [1.82, 2.24) is 9.88 Å². The summed E-state index contributed by atoms with van der Waals surface area (Å²) >= 11 is 0. The summed E-state index contributed by atoms with van der Waals surface area (Å²) in [5, 5.41) is 8.66. The molecule has 1 rings (SSSR count). The van der Waals surface area contributed by atoms with E-state index in [1.165, 1.54) is 0 Å². The monoisotopic (exact) mass is 189 g/mol. The van der Waals surface area contributed by atoms with Crippen LogP contribution in [0.25, 0.3) is 0 Å². The maximum Gasteiger partial charge on any atom is 0.0871 e. The van der Waals surface area contributed by atoms with E-state index < -0.39 is 0 Å². The van der Waals surface area contributed by atoms with Crippen LogP contribution < -0.4 is 0 Å². The van der Waals surface area contributed by atoms with Crippen LogP contribution in [0.5, 0.6) is 0 Å². The zero-order valence-corrected chi connectivity index (χ0v) is 8.64. The van der Waals surface area contributed by atoms with Crippen molar-refractivity contribution in [2.45, 2.75) is 26.4 Å². The second-order valence-electron chi connectivity index (χ2n) is 3.52. The molecular formula is C11H15N3. The first-order chi connectivity index (χ1) is 6.74. The molecule has 0 saturated carbocycles. The summed E-state index contributed by atoms with van der Waals surface area (Å²) in [7, 11) is 0. The van der Waals surface area contributed by atoms with Gasteiger partial charge in [0.05, 0.1) is 12.6 Å². The number of hydrogen-bond acceptors (Lipinski definition) is 3. The van der Waals surface area contributed by atoms with Gasteiger partial charge >= 0.3 is 0 Å². The molecule has 0 aliphatic rings. The van der Waals surface area contributed by atoms with Crippen molar-refractivity contribution in [3.05, 3.63) is 30.1 Å². The molecule has 0 fully saturated rings. The van der Waals surface area contributed by atoms with Gasteiger partial charge in [-0.2, -0.15) is 5.26 Å². The maximum atomic E-state index is 8.66. The quantitative estimate of drug-likeness (QED) is 0.678. The van der Waals surface area contributed by atoms with Gasteiger partial charge in [-0.15, -0.1) is 0 Å². The van der Waals surface area contributed by atoms with E-state index in [0.29, 0.717) is 12.6 Å². The number of nitrogens with zero attached hydrogens (tertiary/aromatic N) is 3. The molecule has 1 heterocycles. The van der Waals surface area contributed by atoms with Gasteiger partial charge in [-0.25, -0.2) is 0 Å². The third-order valence-electron chi connectivity index (χ3n) is 2.11. The zero-order valence-electron chi connectivity index (χ0n) is 8.64. The fourth-order valence-corrected chi connectivity index (χ4v) is 1.24. The van der Waals surface area contributed by atoms with E-state index >= 15 is 0 Å². The summed E-state index contributed by atoms with van der Waals surface area (Å²) in [6, 6.07) is 6.50. The van der Waals surface area contributed by atoms with Gasteiger partial charge in [0.1, 0.15) is 0 Å². The van der Waals surface area contributed by atoms with Crippen LogP contribution in [0.1, 0.15) is 19.4 Å². The maximum absolute atomic E-state index is 8.66. The molecular weight excluding hydrogens is 174 g/mol. The van der Waals surface area contributed by atoms with Crippen molar-refractivity contribution in [2.75, 3.05) is 6.54 Å². The molecule has 0 radical (unpaired) electrons. The minimum Gasteiger partial charge on any atom is -0.284 e. The van der Waals surface area contributed by atoms with Crippen LogP contribution in [0.15, 0.2) is 24.5 Å². The third-order valence-corrected chi connectivity index (χ3v) is 2.11. The first-order valence-corrected chi connectivity index (χ1v) is 4.74. The summed E-state index contributed by atoms with van der Waals surface area (Å²) in [5.74, 6) is 0. The highest BCUT2D eigenvalue weighted by Gasteiger charge is 2.08. The van der Waals surface area contributed by atoms with Gasteiger partial charge in [0, 0.05) is 25.0 Å². The van der Waals surface area contributed by atoms with Gasteiger partial charge in [0.15, 0.2) is 0 Å². The molecule has 0 atom stereocenters. The molecule has 0 aliphatic heterocycles. The minimum absolute atomic E-state index is 0.384. The Balaban J connectivity index is 2.61.